The largest absolute Gasteiger partial charge is 0.489 e. The van der Waals surface area contributed by atoms with Crippen molar-refractivity contribution in [2.24, 2.45) is 4.99 Å². The van der Waals surface area contributed by atoms with E-state index in [2.05, 4.69) is 10.3 Å². The van der Waals surface area contributed by atoms with E-state index in [-0.39, 0.29) is 18.1 Å². The lowest BCUT2D eigenvalue weighted by Gasteiger charge is -2.07. The van der Waals surface area contributed by atoms with Crippen LogP contribution in [0.5, 0.6) is 5.75 Å². The highest BCUT2D eigenvalue weighted by Gasteiger charge is 2.24. The van der Waals surface area contributed by atoms with E-state index in [9.17, 15) is 9.59 Å². The van der Waals surface area contributed by atoms with Gasteiger partial charge < -0.3 is 15.2 Å². The maximum absolute atomic E-state index is 12.3. The van der Waals surface area contributed by atoms with Gasteiger partial charge in [-0.05, 0) is 65.4 Å². The number of rotatable bonds is 6. The molecule has 1 amide bonds. The first-order valence-electron chi connectivity index (χ1n) is 9.68. The van der Waals surface area contributed by atoms with Crippen LogP contribution < -0.4 is 10.1 Å². The molecule has 4 rings (SSSR count). The summed E-state index contributed by atoms with van der Waals surface area (Å²) in [5.74, 6) is -0.610. The molecule has 2 N–H and O–H groups in total. The molecule has 3 aromatic carbocycles. The zero-order chi connectivity index (χ0) is 23.4. The monoisotopic (exact) mass is 498 g/mol. The molecule has 1 aliphatic heterocycles. The third kappa shape index (κ3) is 5.76. The van der Waals surface area contributed by atoms with Crippen molar-refractivity contribution in [2.75, 3.05) is 0 Å². The van der Waals surface area contributed by atoms with Crippen LogP contribution >= 0.6 is 35.0 Å². The Hall–Kier alpha value is -3.26. The van der Waals surface area contributed by atoms with E-state index in [1.54, 1.807) is 54.6 Å². The Bertz CT molecular complexity index is 1290. The van der Waals surface area contributed by atoms with Crippen molar-refractivity contribution in [3.8, 4) is 5.75 Å². The number of nitrogens with zero attached hydrogens (tertiary/aromatic N) is 1. The summed E-state index contributed by atoms with van der Waals surface area (Å²) >= 11 is 13.4. The van der Waals surface area contributed by atoms with Gasteiger partial charge in [-0.3, -0.25) is 4.79 Å². The van der Waals surface area contributed by atoms with E-state index < -0.39 is 5.97 Å². The van der Waals surface area contributed by atoms with Crippen LogP contribution in [0.15, 0.2) is 76.6 Å². The number of hydrogen-bond donors (Lipinski definition) is 2. The Morgan fingerprint density at radius 1 is 1.09 bits per heavy atom. The highest BCUT2D eigenvalue weighted by atomic mass is 35.5. The topological polar surface area (TPSA) is 88.0 Å². The molecule has 0 spiro atoms. The highest BCUT2D eigenvalue weighted by Crippen LogP contribution is 2.34. The van der Waals surface area contributed by atoms with Crippen molar-refractivity contribution >= 4 is 63.8 Å². The zero-order valence-corrected chi connectivity index (χ0v) is 19.2. The number of amidine groups is 1. The van der Waals surface area contributed by atoms with Gasteiger partial charge in [0, 0.05) is 0 Å². The Labute approximate surface area is 203 Å². The minimum absolute atomic E-state index is 0.214. The Balaban J connectivity index is 1.42. The lowest BCUT2D eigenvalue weighted by molar-refractivity contribution is -0.115. The van der Waals surface area contributed by atoms with Gasteiger partial charge in [-0.15, -0.1) is 0 Å². The number of hydrogen-bond acceptors (Lipinski definition) is 5. The van der Waals surface area contributed by atoms with Gasteiger partial charge in [0.15, 0.2) is 5.17 Å². The van der Waals surface area contributed by atoms with E-state index in [0.717, 1.165) is 11.1 Å². The van der Waals surface area contributed by atoms with Crippen LogP contribution in [0.1, 0.15) is 21.5 Å². The minimum Gasteiger partial charge on any atom is -0.489 e. The van der Waals surface area contributed by atoms with Crippen LogP contribution in [0.2, 0.25) is 10.0 Å². The number of nitrogens with one attached hydrogen (secondary N) is 1. The molecule has 1 aliphatic rings. The van der Waals surface area contributed by atoms with Crippen molar-refractivity contribution in [3.05, 3.63) is 98.4 Å². The number of benzene rings is 3. The number of carbonyl (C=O) groups is 2. The zero-order valence-electron chi connectivity index (χ0n) is 16.9. The summed E-state index contributed by atoms with van der Waals surface area (Å²) in [4.78, 5) is 28.3. The van der Waals surface area contributed by atoms with Crippen LogP contribution in [0.4, 0.5) is 5.69 Å². The van der Waals surface area contributed by atoms with E-state index in [1.165, 1.54) is 17.8 Å². The molecule has 0 aliphatic carbocycles. The van der Waals surface area contributed by atoms with Gasteiger partial charge in [-0.1, -0.05) is 53.5 Å². The van der Waals surface area contributed by atoms with Gasteiger partial charge in [0.25, 0.3) is 5.91 Å². The number of amides is 1. The van der Waals surface area contributed by atoms with Crippen molar-refractivity contribution in [1.82, 2.24) is 5.32 Å². The Morgan fingerprint density at radius 2 is 1.85 bits per heavy atom. The normalized spacial score (nSPS) is 15.6. The molecule has 6 nitrogen and oxygen atoms in total. The average molecular weight is 499 g/mol. The summed E-state index contributed by atoms with van der Waals surface area (Å²) in [6.45, 7) is 0.242. The third-order valence-electron chi connectivity index (χ3n) is 4.56. The molecule has 1 fully saturated rings. The molecule has 0 atom stereocenters. The standard InChI is InChI=1S/C24H16Cl2N2O4S/c25-18-5-2-6-19(21(18)26)27-24-28-22(29)20(33-24)12-14-7-9-17(10-8-14)32-13-15-3-1-4-16(11-15)23(30)31/h1-12H,13H2,(H,30,31)(H,27,28,29)/b20-12-. The first-order valence-corrected chi connectivity index (χ1v) is 11.2. The molecule has 3 aromatic rings. The van der Waals surface area contributed by atoms with Crippen LogP contribution in [-0.2, 0) is 11.4 Å². The molecule has 1 saturated heterocycles. The summed E-state index contributed by atoms with van der Waals surface area (Å²) in [7, 11) is 0. The van der Waals surface area contributed by atoms with Crippen molar-refractivity contribution in [2.45, 2.75) is 6.61 Å². The van der Waals surface area contributed by atoms with Gasteiger partial charge in [0.1, 0.15) is 12.4 Å². The second kappa shape index (κ2) is 10.1. The molecule has 0 unspecified atom stereocenters. The van der Waals surface area contributed by atoms with Crippen LogP contribution in [0.3, 0.4) is 0 Å². The third-order valence-corrected chi connectivity index (χ3v) is 6.28. The molecule has 0 bridgehead atoms. The lowest BCUT2D eigenvalue weighted by atomic mass is 10.1. The SMILES string of the molecule is O=C1NC(=Nc2cccc(Cl)c2Cl)S/C1=C\c1ccc(OCc2cccc(C(=O)O)c2)cc1. The van der Waals surface area contributed by atoms with Gasteiger partial charge in [0.2, 0.25) is 0 Å². The van der Waals surface area contributed by atoms with E-state index in [1.807, 2.05) is 12.1 Å². The molecule has 0 saturated carbocycles. The van der Waals surface area contributed by atoms with Crippen LogP contribution in [0, 0.1) is 0 Å². The summed E-state index contributed by atoms with van der Waals surface area (Å²) in [6.07, 6.45) is 1.75. The predicted octanol–water partition coefficient (Wildman–Crippen LogP) is 6.16. The van der Waals surface area contributed by atoms with Gasteiger partial charge in [-0.25, -0.2) is 9.79 Å². The fraction of sp³-hybridized carbons (Fsp3) is 0.0417. The molecular weight excluding hydrogens is 483 g/mol. The molecule has 0 radical (unpaired) electrons. The second-order valence-corrected chi connectivity index (χ2v) is 8.73. The van der Waals surface area contributed by atoms with Crippen LogP contribution in [-0.4, -0.2) is 22.2 Å². The number of carbonyl (C=O) groups excluding carboxylic acids is 1. The number of aromatic carboxylic acids is 1. The smallest absolute Gasteiger partial charge is 0.335 e. The van der Waals surface area contributed by atoms with Crippen molar-refractivity contribution in [1.29, 1.82) is 0 Å². The van der Waals surface area contributed by atoms with Gasteiger partial charge in [0.05, 0.1) is 26.2 Å². The number of halogens is 2. The molecule has 1 heterocycles. The Kier molecular flexibility index (Phi) is 7.03. The summed E-state index contributed by atoms with van der Waals surface area (Å²) in [5, 5.41) is 12.9. The number of aliphatic imine (C=N–C) groups is 1. The summed E-state index contributed by atoms with van der Waals surface area (Å²) < 4.78 is 5.74. The predicted molar refractivity (Wildman–Crippen MR) is 131 cm³/mol. The number of carboxylic acids is 1. The van der Waals surface area contributed by atoms with E-state index in [0.29, 0.717) is 31.6 Å². The lowest BCUT2D eigenvalue weighted by Crippen LogP contribution is -2.19. The minimum atomic E-state index is -0.980. The number of ether oxygens (including phenoxy) is 1. The molecule has 0 aromatic heterocycles. The molecule has 33 heavy (non-hydrogen) atoms. The quantitative estimate of drug-likeness (QED) is 0.397. The molecule has 9 heteroatoms. The molecular formula is C24H16Cl2N2O4S. The molecule has 166 valence electrons. The fourth-order valence-corrected chi connectivity index (χ4v) is 4.11. The first-order chi connectivity index (χ1) is 15.9. The average Bonchev–Trinajstić information content (AvgIpc) is 3.15. The van der Waals surface area contributed by atoms with Gasteiger partial charge >= 0.3 is 5.97 Å². The first kappa shape index (κ1) is 22.9. The van der Waals surface area contributed by atoms with Gasteiger partial charge in [-0.2, -0.15) is 0 Å². The maximum Gasteiger partial charge on any atom is 0.335 e. The van der Waals surface area contributed by atoms with Crippen molar-refractivity contribution in [3.63, 3.8) is 0 Å². The highest BCUT2D eigenvalue weighted by molar-refractivity contribution is 8.18. The van der Waals surface area contributed by atoms with E-state index in [4.69, 9.17) is 33.0 Å². The number of carboxylic acid groups (broad SMARTS) is 1. The van der Waals surface area contributed by atoms with Crippen molar-refractivity contribution < 1.29 is 19.4 Å². The fourth-order valence-electron chi connectivity index (χ4n) is 2.94. The number of thioether (sulfide) groups is 1. The van der Waals surface area contributed by atoms with E-state index >= 15 is 0 Å². The summed E-state index contributed by atoms with van der Waals surface area (Å²) in [5.41, 5.74) is 2.26. The van der Waals surface area contributed by atoms with Crippen LogP contribution in [0.25, 0.3) is 6.08 Å². The summed E-state index contributed by atoms with van der Waals surface area (Å²) in [6, 6.07) is 18.9. The maximum atomic E-state index is 12.3. The Morgan fingerprint density at radius 3 is 2.61 bits per heavy atom. The second-order valence-electron chi connectivity index (χ2n) is 6.92.